The van der Waals surface area contributed by atoms with Crippen molar-refractivity contribution in [3.63, 3.8) is 0 Å². The number of ether oxygens (including phenoxy) is 1. The van der Waals surface area contributed by atoms with Crippen LogP contribution in [-0.4, -0.2) is 36.7 Å². The van der Waals surface area contributed by atoms with Crippen LogP contribution in [0.4, 0.5) is 0 Å². The molecule has 4 nitrogen and oxygen atoms in total. The van der Waals surface area contributed by atoms with Crippen molar-refractivity contribution in [1.82, 2.24) is 10.2 Å². The fourth-order valence-corrected chi connectivity index (χ4v) is 2.58. The van der Waals surface area contributed by atoms with Gasteiger partial charge in [-0.1, -0.05) is 13.8 Å². The molecule has 1 N–H and O–H groups in total. The van der Waals surface area contributed by atoms with Gasteiger partial charge in [-0.05, 0) is 31.9 Å². The lowest BCUT2D eigenvalue weighted by molar-refractivity contribution is 0.0658. The topological polar surface area (TPSA) is 37.6 Å². The molecule has 2 rings (SSSR count). The lowest BCUT2D eigenvalue weighted by Gasteiger charge is -2.20. The van der Waals surface area contributed by atoms with Crippen LogP contribution in [0.15, 0.2) is 10.5 Å². The van der Waals surface area contributed by atoms with Crippen molar-refractivity contribution in [2.75, 3.05) is 19.7 Å². The zero-order valence-corrected chi connectivity index (χ0v) is 13.2. The van der Waals surface area contributed by atoms with Gasteiger partial charge in [0.05, 0.1) is 19.2 Å². The molecule has 0 radical (unpaired) electrons. The van der Waals surface area contributed by atoms with Gasteiger partial charge in [0.1, 0.15) is 11.5 Å². The third-order valence-corrected chi connectivity index (χ3v) is 3.66. The maximum absolute atomic E-state index is 6.00. The normalized spacial score (nSPS) is 21.4. The molecule has 1 unspecified atom stereocenters. The van der Waals surface area contributed by atoms with Gasteiger partial charge in [0.25, 0.3) is 0 Å². The Morgan fingerprint density at radius 3 is 3.00 bits per heavy atom. The molecule has 1 aliphatic rings. The summed E-state index contributed by atoms with van der Waals surface area (Å²) in [4.78, 5) is 2.43. The van der Waals surface area contributed by atoms with Crippen LogP contribution in [0.3, 0.4) is 0 Å². The van der Waals surface area contributed by atoms with Crippen molar-refractivity contribution in [2.45, 2.75) is 59.4 Å². The lowest BCUT2D eigenvalue weighted by atomic mass is 10.2. The van der Waals surface area contributed by atoms with E-state index >= 15 is 0 Å². The monoisotopic (exact) mass is 280 g/mol. The molecule has 0 bridgehead atoms. The Balaban J connectivity index is 1.93. The second-order valence-electron chi connectivity index (χ2n) is 6.12. The molecular formula is C16H28N2O2. The zero-order chi connectivity index (χ0) is 14.5. The standard InChI is InChI=1S/C16H28N2O2/c1-12(2)17-9-16-13(3)8-15(20-16)11-18-6-5-7-19-14(4)10-18/h8,12,14,17H,5-7,9-11H2,1-4H3. The molecule has 0 aliphatic carbocycles. The maximum Gasteiger partial charge on any atom is 0.120 e. The number of aryl methyl sites for hydroxylation is 1. The number of hydrogen-bond donors (Lipinski definition) is 1. The first kappa shape index (κ1) is 15.5. The molecule has 0 saturated carbocycles. The Hall–Kier alpha value is -0.840. The summed E-state index contributed by atoms with van der Waals surface area (Å²) in [5.41, 5.74) is 1.24. The van der Waals surface area contributed by atoms with Gasteiger partial charge in [0, 0.05) is 25.7 Å². The fraction of sp³-hybridized carbons (Fsp3) is 0.750. The van der Waals surface area contributed by atoms with Crippen LogP contribution in [0, 0.1) is 6.92 Å². The van der Waals surface area contributed by atoms with E-state index in [1.54, 1.807) is 0 Å². The first-order valence-electron chi connectivity index (χ1n) is 7.70. The van der Waals surface area contributed by atoms with Crippen LogP contribution in [0.2, 0.25) is 0 Å². The van der Waals surface area contributed by atoms with Gasteiger partial charge in [-0.3, -0.25) is 4.90 Å². The molecule has 2 heterocycles. The van der Waals surface area contributed by atoms with Gasteiger partial charge in [0.15, 0.2) is 0 Å². The Morgan fingerprint density at radius 2 is 2.25 bits per heavy atom. The lowest BCUT2D eigenvalue weighted by Crippen LogP contribution is -2.29. The van der Waals surface area contributed by atoms with E-state index in [1.807, 2.05) is 0 Å². The van der Waals surface area contributed by atoms with E-state index in [-0.39, 0.29) is 0 Å². The van der Waals surface area contributed by atoms with E-state index in [1.165, 1.54) is 5.56 Å². The molecule has 1 atom stereocenters. The van der Waals surface area contributed by atoms with Crippen molar-refractivity contribution in [1.29, 1.82) is 0 Å². The second-order valence-corrected chi connectivity index (χ2v) is 6.12. The van der Waals surface area contributed by atoms with Gasteiger partial charge in [-0.25, -0.2) is 0 Å². The van der Waals surface area contributed by atoms with Gasteiger partial charge in [-0.15, -0.1) is 0 Å². The van der Waals surface area contributed by atoms with Crippen molar-refractivity contribution in [3.05, 3.63) is 23.2 Å². The minimum atomic E-state index is 0.315. The van der Waals surface area contributed by atoms with Crippen LogP contribution < -0.4 is 5.32 Å². The smallest absolute Gasteiger partial charge is 0.120 e. The van der Waals surface area contributed by atoms with E-state index in [9.17, 15) is 0 Å². The molecule has 1 fully saturated rings. The Morgan fingerprint density at radius 1 is 1.45 bits per heavy atom. The van der Waals surface area contributed by atoms with Crippen LogP contribution in [0.1, 0.15) is 44.3 Å². The highest BCUT2D eigenvalue weighted by Crippen LogP contribution is 2.18. The summed E-state index contributed by atoms with van der Waals surface area (Å²) in [6.07, 6.45) is 1.42. The second kappa shape index (κ2) is 7.25. The minimum Gasteiger partial charge on any atom is -0.463 e. The summed E-state index contributed by atoms with van der Waals surface area (Å²) in [5, 5.41) is 3.41. The highest BCUT2D eigenvalue weighted by atomic mass is 16.5. The number of rotatable bonds is 5. The molecular weight excluding hydrogens is 252 g/mol. The zero-order valence-electron chi connectivity index (χ0n) is 13.2. The van der Waals surface area contributed by atoms with Gasteiger partial charge in [0.2, 0.25) is 0 Å². The van der Waals surface area contributed by atoms with Gasteiger partial charge < -0.3 is 14.5 Å². The first-order valence-corrected chi connectivity index (χ1v) is 7.70. The van der Waals surface area contributed by atoms with Crippen LogP contribution in [0.25, 0.3) is 0 Å². The van der Waals surface area contributed by atoms with Crippen LogP contribution in [0.5, 0.6) is 0 Å². The predicted molar refractivity (Wildman–Crippen MR) is 80.7 cm³/mol. The Bertz CT molecular complexity index is 415. The van der Waals surface area contributed by atoms with Crippen molar-refractivity contribution in [3.8, 4) is 0 Å². The summed E-state index contributed by atoms with van der Waals surface area (Å²) in [6.45, 7) is 13.2. The molecule has 0 spiro atoms. The number of nitrogens with one attached hydrogen (secondary N) is 1. The highest BCUT2D eigenvalue weighted by Gasteiger charge is 2.17. The van der Waals surface area contributed by atoms with E-state index in [0.29, 0.717) is 12.1 Å². The Kier molecular flexibility index (Phi) is 5.64. The van der Waals surface area contributed by atoms with Gasteiger partial charge in [-0.2, -0.15) is 0 Å². The van der Waals surface area contributed by atoms with E-state index < -0.39 is 0 Å². The van der Waals surface area contributed by atoms with Crippen molar-refractivity contribution < 1.29 is 9.15 Å². The fourth-order valence-electron chi connectivity index (χ4n) is 2.58. The highest BCUT2D eigenvalue weighted by molar-refractivity contribution is 5.20. The Labute approximate surface area is 122 Å². The summed E-state index contributed by atoms with van der Waals surface area (Å²) >= 11 is 0. The van der Waals surface area contributed by atoms with E-state index in [0.717, 1.165) is 50.7 Å². The molecule has 0 aromatic carbocycles. The molecule has 1 saturated heterocycles. The summed E-state index contributed by atoms with van der Waals surface area (Å²) in [7, 11) is 0. The molecule has 1 aromatic heterocycles. The quantitative estimate of drug-likeness (QED) is 0.900. The van der Waals surface area contributed by atoms with Crippen molar-refractivity contribution >= 4 is 0 Å². The van der Waals surface area contributed by atoms with Gasteiger partial charge >= 0.3 is 0 Å². The molecule has 1 aromatic rings. The maximum atomic E-state index is 6.00. The predicted octanol–water partition coefficient (Wildman–Crippen LogP) is 2.70. The number of nitrogens with zero attached hydrogens (tertiary/aromatic N) is 1. The largest absolute Gasteiger partial charge is 0.463 e. The number of hydrogen-bond acceptors (Lipinski definition) is 4. The molecule has 20 heavy (non-hydrogen) atoms. The van der Waals surface area contributed by atoms with Crippen molar-refractivity contribution in [2.24, 2.45) is 0 Å². The molecule has 0 amide bonds. The SMILES string of the molecule is Cc1cc(CN2CCCOC(C)C2)oc1CNC(C)C. The summed E-state index contributed by atoms with van der Waals surface area (Å²) in [6, 6.07) is 2.65. The minimum absolute atomic E-state index is 0.315. The van der Waals surface area contributed by atoms with Crippen LogP contribution in [-0.2, 0) is 17.8 Å². The summed E-state index contributed by atoms with van der Waals surface area (Å²) in [5.74, 6) is 2.13. The van der Waals surface area contributed by atoms with E-state index in [2.05, 4.69) is 44.0 Å². The average Bonchev–Trinajstić information content (AvgIpc) is 2.57. The summed E-state index contributed by atoms with van der Waals surface area (Å²) < 4.78 is 11.7. The molecule has 4 heteroatoms. The first-order chi connectivity index (χ1) is 9.54. The average molecular weight is 280 g/mol. The molecule has 1 aliphatic heterocycles. The van der Waals surface area contributed by atoms with E-state index in [4.69, 9.17) is 9.15 Å². The number of furan rings is 1. The third kappa shape index (κ3) is 4.62. The van der Waals surface area contributed by atoms with Crippen LogP contribution >= 0.6 is 0 Å². The third-order valence-electron chi connectivity index (χ3n) is 3.66. The molecule has 114 valence electrons.